The molecule has 0 radical (unpaired) electrons. The van der Waals surface area contributed by atoms with Crippen LogP contribution in [-0.2, 0) is 4.74 Å². The Morgan fingerprint density at radius 2 is 1.83 bits per heavy atom. The first-order valence-electron chi connectivity index (χ1n) is 2.49. The molecule has 70 valence electrons. The van der Waals surface area contributed by atoms with Gasteiger partial charge >= 0.3 is 6.09 Å². The fraction of sp³-hybridized carbons (Fsp3) is 0.250. The van der Waals surface area contributed by atoms with E-state index in [1.54, 1.807) is 0 Å². The third kappa shape index (κ3) is 5.27. The Labute approximate surface area is 95.7 Å². The summed E-state index contributed by atoms with van der Waals surface area (Å²) in [6, 6.07) is 0. The molecule has 3 nitrogen and oxygen atoms in total. The molecule has 0 aromatic heterocycles. The zero-order chi connectivity index (χ0) is 9.72. The van der Waals surface area contributed by atoms with E-state index in [0.717, 1.165) is 0 Å². The van der Waals surface area contributed by atoms with Gasteiger partial charge in [-0.2, -0.15) is 3.71 Å². The number of carbonyl (C=O) groups is 1. The molecule has 0 unspecified atom stereocenters. The normalized spacial score (nSPS) is 9.08. The SMILES string of the molecule is O=C(OCC(Cl)=C(Cl)Cl)N(S)S. The summed E-state index contributed by atoms with van der Waals surface area (Å²) in [6.07, 6.45) is -0.769. The minimum Gasteiger partial charge on any atom is -0.442 e. The molecular formula is C4H4Cl3NO2S2. The third-order valence-electron chi connectivity index (χ3n) is 0.691. The molecule has 0 aromatic carbocycles. The fourth-order valence-electron chi connectivity index (χ4n) is 0.237. The van der Waals surface area contributed by atoms with Crippen molar-refractivity contribution in [3.05, 3.63) is 9.52 Å². The van der Waals surface area contributed by atoms with E-state index in [1.165, 1.54) is 0 Å². The summed E-state index contributed by atoms with van der Waals surface area (Å²) in [6.45, 7) is -0.208. The van der Waals surface area contributed by atoms with Crippen molar-refractivity contribution < 1.29 is 9.53 Å². The lowest BCUT2D eigenvalue weighted by atomic mass is 10.7. The molecule has 1 amide bonds. The number of carbonyl (C=O) groups excluding carboxylic acids is 1. The summed E-state index contributed by atoms with van der Waals surface area (Å²) in [7, 11) is 0. The maximum atomic E-state index is 10.7. The summed E-state index contributed by atoms with van der Waals surface area (Å²) in [4.78, 5) is 10.7. The molecule has 0 aromatic rings. The topological polar surface area (TPSA) is 29.5 Å². The molecule has 0 bridgehead atoms. The smallest absolute Gasteiger partial charge is 0.430 e. The Hall–Kier alpha value is 0.580. The monoisotopic (exact) mass is 267 g/mol. The highest BCUT2D eigenvalue weighted by atomic mass is 35.5. The summed E-state index contributed by atoms with van der Waals surface area (Å²) in [5.41, 5.74) is 0. The molecule has 0 saturated carbocycles. The highest BCUT2D eigenvalue weighted by molar-refractivity contribution is 7.94. The van der Waals surface area contributed by atoms with Gasteiger partial charge in [-0.1, -0.05) is 34.8 Å². The number of hydrogen-bond acceptors (Lipinski definition) is 4. The minimum absolute atomic E-state index is 0.0372. The molecule has 12 heavy (non-hydrogen) atoms. The molecule has 0 saturated heterocycles. The molecule has 0 fully saturated rings. The van der Waals surface area contributed by atoms with Gasteiger partial charge < -0.3 is 4.74 Å². The molecule has 0 aliphatic carbocycles. The molecule has 0 aliphatic rings. The van der Waals surface area contributed by atoms with E-state index in [-0.39, 0.29) is 16.1 Å². The van der Waals surface area contributed by atoms with E-state index in [2.05, 4.69) is 30.4 Å². The van der Waals surface area contributed by atoms with Crippen molar-refractivity contribution in [2.24, 2.45) is 0 Å². The van der Waals surface area contributed by atoms with Crippen LogP contribution in [0.2, 0.25) is 0 Å². The van der Waals surface area contributed by atoms with Crippen molar-refractivity contribution in [3.63, 3.8) is 0 Å². The van der Waals surface area contributed by atoms with Gasteiger partial charge in [0.25, 0.3) is 0 Å². The van der Waals surface area contributed by atoms with Crippen LogP contribution in [0.4, 0.5) is 4.79 Å². The van der Waals surface area contributed by atoms with E-state index in [4.69, 9.17) is 34.8 Å². The number of ether oxygens (including phenoxy) is 1. The number of amides is 1. The number of halogens is 3. The van der Waals surface area contributed by atoms with Crippen molar-refractivity contribution in [2.75, 3.05) is 6.61 Å². The molecular weight excluding hydrogens is 265 g/mol. The quantitative estimate of drug-likeness (QED) is 0.754. The summed E-state index contributed by atoms with van der Waals surface area (Å²) >= 11 is 23.0. The fourth-order valence-corrected chi connectivity index (χ4v) is 0.517. The van der Waals surface area contributed by atoms with Crippen LogP contribution in [0.1, 0.15) is 0 Å². The molecule has 0 heterocycles. The first kappa shape index (κ1) is 12.6. The van der Waals surface area contributed by atoms with E-state index in [9.17, 15) is 4.79 Å². The van der Waals surface area contributed by atoms with Gasteiger partial charge in [0.2, 0.25) is 0 Å². The third-order valence-corrected chi connectivity index (χ3v) is 1.97. The average Bonchev–Trinajstić information content (AvgIpc) is 1.98. The molecule has 0 aliphatic heterocycles. The Kier molecular flexibility index (Phi) is 6.39. The van der Waals surface area contributed by atoms with E-state index in [0.29, 0.717) is 3.71 Å². The number of nitrogens with zero attached hydrogens (tertiary/aromatic N) is 1. The standard InChI is InChI=1S/C4H4Cl3NO2S2/c5-2(3(6)7)1-10-4(9)8(11)12/h11-12H,1H2. The van der Waals surface area contributed by atoms with Gasteiger partial charge in [0.1, 0.15) is 11.1 Å². The average molecular weight is 269 g/mol. The molecule has 0 rings (SSSR count). The van der Waals surface area contributed by atoms with Gasteiger partial charge in [-0.15, -0.1) is 0 Å². The highest BCUT2D eigenvalue weighted by Gasteiger charge is 2.08. The first-order valence-corrected chi connectivity index (χ1v) is 4.42. The van der Waals surface area contributed by atoms with Crippen molar-refractivity contribution >= 4 is 66.5 Å². The maximum Gasteiger partial charge on any atom is 0.430 e. The van der Waals surface area contributed by atoms with Crippen molar-refractivity contribution in [1.29, 1.82) is 0 Å². The lowest BCUT2D eigenvalue weighted by Crippen LogP contribution is -2.14. The van der Waals surface area contributed by atoms with Crippen LogP contribution in [-0.4, -0.2) is 16.4 Å². The van der Waals surface area contributed by atoms with Gasteiger partial charge in [-0.3, -0.25) is 0 Å². The first-order chi connectivity index (χ1) is 5.45. The van der Waals surface area contributed by atoms with Crippen molar-refractivity contribution in [3.8, 4) is 0 Å². The van der Waals surface area contributed by atoms with Crippen LogP contribution < -0.4 is 0 Å². The van der Waals surface area contributed by atoms with Crippen LogP contribution in [0.25, 0.3) is 0 Å². The Morgan fingerprint density at radius 3 is 2.17 bits per heavy atom. The zero-order valence-electron chi connectivity index (χ0n) is 5.50. The largest absolute Gasteiger partial charge is 0.442 e. The van der Waals surface area contributed by atoms with Crippen molar-refractivity contribution in [1.82, 2.24) is 3.71 Å². The Balaban J connectivity index is 3.85. The predicted molar refractivity (Wildman–Crippen MR) is 55.7 cm³/mol. The maximum absolute atomic E-state index is 10.7. The number of thiol groups is 2. The second kappa shape index (κ2) is 6.10. The van der Waals surface area contributed by atoms with E-state index in [1.807, 2.05) is 0 Å². The second-order valence-electron chi connectivity index (χ2n) is 1.51. The van der Waals surface area contributed by atoms with Crippen LogP contribution in [0.3, 0.4) is 0 Å². The highest BCUT2D eigenvalue weighted by Crippen LogP contribution is 2.18. The molecule has 8 heteroatoms. The van der Waals surface area contributed by atoms with Gasteiger partial charge in [-0.05, 0) is 25.6 Å². The van der Waals surface area contributed by atoms with Crippen molar-refractivity contribution in [2.45, 2.75) is 0 Å². The number of hydrogen-bond donors (Lipinski definition) is 2. The van der Waals surface area contributed by atoms with Crippen LogP contribution in [0, 0.1) is 0 Å². The van der Waals surface area contributed by atoms with Crippen LogP contribution >= 0.6 is 60.4 Å². The summed E-state index contributed by atoms with van der Waals surface area (Å²) < 4.78 is 5.02. The van der Waals surface area contributed by atoms with Gasteiger partial charge in [0.05, 0.1) is 5.03 Å². The molecule has 0 N–H and O–H groups in total. The molecule has 0 spiro atoms. The van der Waals surface area contributed by atoms with Gasteiger partial charge in [0, 0.05) is 0 Å². The Bertz CT molecular complexity index is 204. The number of rotatable bonds is 2. The van der Waals surface area contributed by atoms with Gasteiger partial charge in [0.15, 0.2) is 0 Å². The van der Waals surface area contributed by atoms with Crippen LogP contribution in [0.15, 0.2) is 9.52 Å². The summed E-state index contributed by atoms with van der Waals surface area (Å²) in [5.74, 6) is 0. The lowest BCUT2D eigenvalue weighted by Gasteiger charge is -2.07. The predicted octanol–water partition coefficient (Wildman–Crippen LogP) is 3.00. The second-order valence-corrected chi connectivity index (χ2v) is 4.03. The van der Waals surface area contributed by atoms with Gasteiger partial charge in [-0.25, -0.2) is 4.79 Å². The van der Waals surface area contributed by atoms with Crippen LogP contribution in [0.5, 0.6) is 0 Å². The minimum atomic E-state index is -0.769. The Morgan fingerprint density at radius 1 is 1.33 bits per heavy atom. The van der Waals surface area contributed by atoms with E-state index < -0.39 is 6.09 Å². The van der Waals surface area contributed by atoms with E-state index >= 15 is 0 Å². The summed E-state index contributed by atoms with van der Waals surface area (Å²) in [5, 5.41) is 0.0372. The molecule has 0 atom stereocenters. The lowest BCUT2D eigenvalue weighted by molar-refractivity contribution is 0.154. The zero-order valence-corrected chi connectivity index (χ0v) is 9.56.